The molecular formula is C51H103N5O22. The fourth-order valence-corrected chi connectivity index (χ4v) is 5.02. The molecule has 0 aromatic heterocycles. The first-order valence-electron chi connectivity index (χ1n) is 25.6. The molecule has 78 heavy (non-hydrogen) atoms. The summed E-state index contributed by atoms with van der Waals surface area (Å²) < 4.78 is 47.2. The molecule has 1 atom stereocenters. The number of likely N-dealkylation sites (N-methyl/N-ethyl adjacent to an activating group) is 1. The third-order valence-electron chi connectivity index (χ3n) is 8.45. The summed E-state index contributed by atoms with van der Waals surface area (Å²) in [6.07, 6.45) is 0.309. The van der Waals surface area contributed by atoms with Gasteiger partial charge in [-0.05, 0) is 55.4 Å². The van der Waals surface area contributed by atoms with E-state index in [-0.39, 0.29) is 86.4 Å². The monoisotopic (exact) mass is 1140 g/mol. The number of esters is 8. The van der Waals surface area contributed by atoms with E-state index in [0.717, 1.165) is 65.4 Å². The number of nitrogens with zero attached hydrogens (tertiary/aromatic N) is 5. The Labute approximate surface area is 464 Å². The molecule has 2 saturated heterocycles. The van der Waals surface area contributed by atoms with Crippen molar-refractivity contribution in [3.8, 4) is 0 Å². The van der Waals surface area contributed by atoms with Gasteiger partial charge in [0.15, 0.2) is 0 Å². The maximum atomic E-state index is 10.5. The third-order valence-corrected chi connectivity index (χ3v) is 8.45. The minimum absolute atomic E-state index is 0.0417. The van der Waals surface area contributed by atoms with Crippen LogP contribution in [-0.2, 0) is 85.7 Å². The Morgan fingerprint density at radius 2 is 0.859 bits per heavy atom. The molecule has 4 N–H and O–H groups in total. The van der Waals surface area contributed by atoms with Gasteiger partial charge in [-0.1, -0.05) is 0 Å². The Bertz CT molecular complexity index is 1470. The summed E-state index contributed by atoms with van der Waals surface area (Å²) in [7, 11) is 9.21. The van der Waals surface area contributed by atoms with Gasteiger partial charge in [-0.25, -0.2) is 0 Å². The summed E-state index contributed by atoms with van der Waals surface area (Å²) in [4.78, 5) is 91.6. The van der Waals surface area contributed by atoms with Crippen molar-refractivity contribution in [2.45, 2.75) is 94.3 Å². The molecular weight excluding hydrogens is 1030 g/mol. The molecule has 464 valence electrons. The van der Waals surface area contributed by atoms with Crippen molar-refractivity contribution in [3.05, 3.63) is 0 Å². The number of carbonyl (C=O) groups excluding carboxylic acids is 8. The minimum Gasteiger partial charge on any atom is -0.469 e. The largest absolute Gasteiger partial charge is 0.469 e. The van der Waals surface area contributed by atoms with E-state index >= 15 is 0 Å². The number of aliphatic hydroxyl groups is 4. The molecule has 0 spiro atoms. The predicted octanol–water partition coefficient (Wildman–Crippen LogP) is -0.358. The fourth-order valence-electron chi connectivity index (χ4n) is 5.02. The number of morpholine rings is 2. The van der Waals surface area contributed by atoms with Gasteiger partial charge in [0.25, 0.3) is 0 Å². The Morgan fingerprint density at radius 1 is 0.487 bits per heavy atom. The van der Waals surface area contributed by atoms with Gasteiger partial charge in [0.2, 0.25) is 0 Å². The van der Waals surface area contributed by atoms with Crippen LogP contribution in [0.2, 0.25) is 0 Å². The van der Waals surface area contributed by atoms with E-state index in [4.69, 9.17) is 48.5 Å². The Balaban J connectivity index is -0.000000193. The Morgan fingerprint density at radius 3 is 1.18 bits per heavy atom. The summed E-state index contributed by atoms with van der Waals surface area (Å²) in [5, 5.41) is 34.8. The number of rotatable bonds is 23. The smallest absolute Gasteiger partial charge is 0.303 e. The number of hydrogen-bond donors (Lipinski definition) is 4. The first-order chi connectivity index (χ1) is 36.4. The van der Waals surface area contributed by atoms with Gasteiger partial charge in [0, 0.05) is 127 Å². The minimum atomic E-state index is -0.600. The lowest BCUT2D eigenvalue weighted by atomic mass is 10.2. The number of β-amino-alcohol motifs (C(OH)–C–C–N with tert-alkyl or cyclic N) is 1. The van der Waals surface area contributed by atoms with Crippen LogP contribution in [0.4, 0.5) is 0 Å². The lowest BCUT2D eigenvalue weighted by molar-refractivity contribution is -0.152. The van der Waals surface area contributed by atoms with E-state index in [1.165, 1.54) is 62.5 Å². The van der Waals surface area contributed by atoms with Gasteiger partial charge in [0.1, 0.15) is 44.7 Å². The number of carbonyl (C=O) groups is 8. The van der Waals surface area contributed by atoms with Crippen LogP contribution < -0.4 is 0 Å². The number of methoxy groups -OCH3 is 1. The molecule has 2 aliphatic heterocycles. The van der Waals surface area contributed by atoms with Gasteiger partial charge >= 0.3 is 47.8 Å². The van der Waals surface area contributed by atoms with Gasteiger partial charge in [-0.2, -0.15) is 0 Å². The lowest BCUT2D eigenvalue weighted by Gasteiger charge is -2.28. The molecule has 2 rings (SSSR count). The van der Waals surface area contributed by atoms with Crippen molar-refractivity contribution in [1.82, 2.24) is 24.5 Å². The average Bonchev–Trinajstić information content (AvgIpc) is 3.32. The van der Waals surface area contributed by atoms with Crippen molar-refractivity contribution in [1.29, 1.82) is 0 Å². The summed E-state index contributed by atoms with van der Waals surface area (Å²) in [5.74, 6) is -2.10. The highest BCUT2D eigenvalue weighted by atomic mass is 16.6. The molecule has 0 saturated carbocycles. The van der Waals surface area contributed by atoms with Crippen LogP contribution in [0.25, 0.3) is 0 Å². The molecule has 2 aliphatic rings. The molecule has 1 unspecified atom stereocenters. The van der Waals surface area contributed by atoms with Crippen LogP contribution >= 0.6 is 0 Å². The average molecular weight is 1140 g/mol. The van der Waals surface area contributed by atoms with E-state index in [9.17, 15) is 43.5 Å². The van der Waals surface area contributed by atoms with Crippen LogP contribution in [0.1, 0.15) is 82.6 Å². The fraction of sp³-hybridized carbons (Fsp3) is 0.843. The highest BCUT2D eigenvalue weighted by molar-refractivity contribution is 5.67. The molecule has 0 bridgehead atoms. The van der Waals surface area contributed by atoms with Crippen LogP contribution in [0.5, 0.6) is 0 Å². The highest BCUT2D eigenvalue weighted by Crippen LogP contribution is 2.05. The molecule has 0 radical (unpaired) electrons. The zero-order valence-corrected chi connectivity index (χ0v) is 50.1. The SMILES string of the molecule is CC(=O)OC(C)(C)C.CC(=O)OCC(O)CN1CCOCC1.CC(=O)OCCCN(C)C.CC(=O)OCCN(C)C.CC(=O)OCCN(CCO)CCO.CC(=O)OCCN1CCOCC1.CC(=O)OCCO.COC(C)=O. The van der Waals surface area contributed by atoms with E-state index < -0.39 is 6.10 Å². The highest BCUT2D eigenvalue weighted by Gasteiger charge is 2.16. The number of ether oxygens (including phenoxy) is 10. The van der Waals surface area contributed by atoms with E-state index in [2.05, 4.69) is 28.9 Å². The molecule has 2 fully saturated rings. The standard InChI is InChI=1S/C9H17NO4.C8H17NO4.C8H15NO3.C7H15NO2.C6H13NO2.C6H12O2.C4H8O3.C3H6O2/c1-8(11)14-7-9(12)6-10-2-4-13-5-3-10;1-8(12)13-7-4-9(2-5-10)3-6-11;1-8(10)12-7-4-9-2-5-11-6-3-9;1-7(9)10-6-4-5-8(2)3;1-6(8)9-5-4-7(2)3;1-5(7)8-6(2,3)4;1-4(6)7-3-2-5;1-3(4)5-2/h9,12H,2-7H2,1H3;10-11H,2-7H2,1H3;2-7H2,1H3;4-6H2,1-3H3;4-5H2,1-3H3;1-4H3;5H,2-3H2,1H3;1-2H3. The van der Waals surface area contributed by atoms with Gasteiger partial charge in [0.05, 0.1) is 60.0 Å². The zero-order valence-electron chi connectivity index (χ0n) is 50.1. The number of aliphatic hydroxyl groups excluding tert-OH is 4. The number of hydrogen-bond acceptors (Lipinski definition) is 27. The predicted molar refractivity (Wildman–Crippen MR) is 289 cm³/mol. The van der Waals surface area contributed by atoms with Crippen LogP contribution in [0.15, 0.2) is 0 Å². The van der Waals surface area contributed by atoms with Gasteiger partial charge < -0.3 is 77.6 Å². The van der Waals surface area contributed by atoms with Gasteiger partial charge in [-0.3, -0.25) is 53.1 Å². The molecule has 0 aliphatic carbocycles. The molecule has 0 amide bonds. The molecule has 27 nitrogen and oxygen atoms in total. The summed E-state index contributed by atoms with van der Waals surface area (Å²) >= 11 is 0. The maximum absolute atomic E-state index is 10.5. The topological polar surface area (TPSA) is 326 Å². The summed E-state index contributed by atoms with van der Waals surface area (Å²) in [5.41, 5.74) is -0.328. The molecule has 27 heteroatoms. The normalized spacial score (nSPS) is 13.1. The van der Waals surface area contributed by atoms with E-state index in [1.54, 1.807) is 0 Å². The van der Waals surface area contributed by atoms with Gasteiger partial charge in [-0.15, -0.1) is 0 Å². The Hall–Kier alpha value is -4.68. The zero-order chi connectivity index (χ0) is 61.3. The van der Waals surface area contributed by atoms with E-state index in [0.29, 0.717) is 65.8 Å². The van der Waals surface area contributed by atoms with Crippen LogP contribution in [0.3, 0.4) is 0 Å². The summed E-state index contributed by atoms with van der Waals surface area (Å²) in [6, 6.07) is 0. The Kier molecular flexibility index (Phi) is 65.1. The maximum Gasteiger partial charge on any atom is 0.303 e. The van der Waals surface area contributed by atoms with E-state index in [1.807, 2.05) is 58.8 Å². The molecule has 0 aromatic carbocycles. The second kappa shape index (κ2) is 60.0. The second-order valence-electron chi connectivity index (χ2n) is 17.9. The quantitative estimate of drug-likeness (QED) is 0.0577. The molecule has 0 aromatic rings. The van der Waals surface area contributed by atoms with Crippen LogP contribution in [-0.4, -0.2) is 298 Å². The van der Waals surface area contributed by atoms with Crippen molar-refractivity contribution >= 4 is 47.8 Å². The summed E-state index contributed by atoms with van der Waals surface area (Å²) in [6.45, 7) is 29.7. The molecule has 2 heterocycles. The van der Waals surface area contributed by atoms with Crippen molar-refractivity contribution < 1.29 is 106 Å². The van der Waals surface area contributed by atoms with Crippen molar-refractivity contribution in [3.63, 3.8) is 0 Å². The van der Waals surface area contributed by atoms with Crippen molar-refractivity contribution in [2.75, 3.05) is 193 Å². The first-order valence-corrected chi connectivity index (χ1v) is 25.6. The lowest BCUT2D eigenvalue weighted by Crippen LogP contribution is -2.42. The van der Waals surface area contributed by atoms with Crippen LogP contribution in [0, 0.1) is 0 Å². The first kappa shape index (κ1) is 84.6. The second-order valence-corrected chi connectivity index (χ2v) is 17.9. The third kappa shape index (κ3) is 90.8. The van der Waals surface area contributed by atoms with Crippen molar-refractivity contribution in [2.24, 2.45) is 0 Å².